The number of carbonyl (C=O) groups excluding carboxylic acids is 1. The van der Waals surface area contributed by atoms with Crippen LogP contribution in [0.25, 0.3) is 0 Å². The van der Waals surface area contributed by atoms with Gasteiger partial charge in [0.25, 0.3) is 0 Å². The van der Waals surface area contributed by atoms with Crippen LogP contribution in [0.15, 0.2) is 5.16 Å². The van der Waals surface area contributed by atoms with E-state index in [2.05, 4.69) is 12.1 Å². The normalized spacial score (nSPS) is 11.7. The predicted octanol–water partition coefficient (Wildman–Crippen LogP) is 2.38. The molecule has 12 heavy (non-hydrogen) atoms. The zero-order valence-electron chi connectivity index (χ0n) is 7.84. The van der Waals surface area contributed by atoms with Crippen LogP contribution < -0.4 is 0 Å². The van der Waals surface area contributed by atoms with Crippen molar-refractivity contribution >= 4 is 11.5 Å². The number of hydrogen-bond donors (Lipinski definition) is 1. The number of hydrogen-bond acceptors (Lipinski definition) is 3. The minimum absolute atomic E-state index is 0.131. The van der Waals surface area contributed by atoms with Crippen LogP contribution in [0.3, 0.4) is 0 Å². The van der Waals surface area contributed by atoms with E-state index in [0.717, 1.165) is 12.8 Å². The van der Waals surface area contributed by atoms with Crippen LogP contribution >= 0.6 is 0 Å². The Labute approximate surface area is 73.5 Å². The lowest BCUT2D eigenvalue weighted by atomic mass is 10.1. The van der Waals surface area contributed by atoms with Crippen LogP contribution in [0, 0.1) is 0 Å². The summed E-state index contributed by atoms with van der Waals surface area (Å²) in [4.78, 5) is 10.7. The number of unbranched alkanes of at least 4 members (excludes halogenated alkanes) is 3. The molecule has 0 atom stereocenters. The highest BCUT2D eigenvalue weighted by molar-refractivity contribution is 6.38. The van der Waals surface area contributed by atoms with Crippen molar-refractivity contribution in [3.05, 3.63) is 0 Å². The summed E-state index contributed by atoms with van der Waals surface area (Å²) in [6.07, 6.45) is 4.99. The van der Waals surface area contributed by atoms with Gasteiger partial charge in [-0.1, -0.05) is 31.3 Å². The van der Waals surface area contributed by atoms with E-state index < -0.39 is 0 Å². The van der Waals surface area contributed by atoms with Crippen molar-refractivity contribution < 1.29 is 10.0 Å². The molecule has 0 aromatic heterocycles. The first-order valence-corrected chi connectivity index (χ1v) is 4.44. The van der Waals surface area contributed by atoms with Crippen LogP contribution in [-0.2, 0) is 4.79 Å². The number of ketones is 1. The Morgan fingerprint density at radius 3 is 2.42 bits per heavy atom. The summed E-state index contributed by atoms with van der Waals surface area (Å²) in [5, 5.41) is 11.4. The van der Waals surface area contributed by atoms with Gasteiger partial charge in [-0.25, -0.2) is 0 Å². The van der Waals surface area contributed by atoms with Crippen molar-refractivity contribution in [2.75, 3.05) is 0 Å². The minimum atomic E-state index is -0.131. The highest BCUT2D eigenvalue weighted by atomic mass is 16.4. The van der Waals surface area contributed by atoms with Gasteiger partial charge in [-0.05, 0) is 12.8 Å². The summed E-state index contributed by atoms with van der Waals surface area (Å²) < 4.78 is 0. The quantitative estimate of drug-likeness (QED) is 0.288. The molecule has 0 saturated carbocycles. The van der Waals surface area contributed by atoms with Crippen molar-refractivity contribution in [1.29, 1.82) is 0 Å². The van der Waals surface area contributed by atoms with Crippen molar-refractivity contribution in [2.45, 2.75) is 46.0 Å². The highest BCUT2D eigenvalue weighted by Crippen LogP contribution is 2.03. The first kappa shape index (κ1) is 11.1. The molecule has 0 rings (SSSR count). The van der Waals surface area contributed by atoms with Crippen molar-refractivity contribution in [2.24, 2.45) is 5.16 Å². The Kier molecular flexibility index (Phi) is 6.34. The molecule has 0 aromatic rings. The molecule has 0 amide bonds. The van der Waals surface area contributed by atoms with Crippen LogP contribution in [0.1, 0.15) is 46.0 Å². The average molecular weight is 171 g/mol. The number of carbonyl (C=O) groups is 1. The molecule has 0 heterocycles. The second kappa shape index (κ2) is 6.83. The maximum atomic E-state index is 10.7. The maximum Gasteiger partial charge on any atom is 0.177 e. The maximum absolute atomic E-state index is 10.7. The SMILES string of the molecule is CCCCCC/C(=N/O)C(C)=O. The third kappa shape index (κ3) is 4.88. The Bertz CT molecular complexity index is 164. The molecule has 0 fully saturated rings. The molecular weight excluding hydrogens is 154 g/mol. The van der Waals surface area contributed by atoms with E-state index in [4.69, 9.17) is 5.21 Å². The van der Waals surface area contributed by atoms with Gasteiger partial charge in [0.2, 0.25) is 0 Å². The fraction of sp³-hybridized carbons (Fsp3) is 0.778. The molecule has 3 heteroatoms. The van der Waals surface area contributed by atoms with Gasteiger partial charge in [-0.3, -0.25) is 4.79 Å². The molecule has 0 aliphatic carbocycles. The topological polar surface area (TPSA) is 49.7 Å². The molecule has 3 nitrogen and oxygen atoms in total. The first-order valence-electron chi connectivity index (χ1n) is 4.44. The van der Waals surface area contributed by atoms with Gasteiger partial charge in [0.15, 0.2) is 5.78 Å². The van der Waals surface area contributed by atoms with Gasteiger partial charge in [-0.2, -0.15) is 0 Å². The van der Waals surface area contributed by atoms with E-state index in [1.54, 1.807) is 0 Å². The Morgan fingerprint density at radius 1 is 1.33 bits per heavy atom. The fourth-order valence-electron chi connectivity index (χ4n) is 1.02. The van der Waals surface area contributed by atoms with Crippen LogP contribution in [0.2, 0.25) is 0 Å². The summed E-state index contributed by atoms with van der Waals surface area (Å²) in [7, 11) is 0. The van der Waals surface area contributed by atoms with Crippen LogP contribution in [-0.4, -0.2) is 16.7 Å². The molecule has 1 N–H and O–H groups in total. The largest absolute Gasteiger partial charge is 0.411 e. The molecule has 0 radical (unpaired) electrons. The van der Waals surface area contributed by atoms with E-state index in [0.29, 0.717) is 12.1 Å². The van der Waals surface area contributed by atoms with Crippen LogP contribution in [0.4, 0.5) is 0 Å². The summed E-state index contributed by atoms with van der Waals surface area (Å²) in [6.45, 7) is 3.56. The average Bonchev–Trinajstić information content (AvgIpc) is 2.04. The smallest absolute Gasteiger partial charge is 0.177 e. The summed E-state index contributed by atoms with van der Waals surface area (Å²) in [5.74, 6) is -0.131. The summed E-state index contributed by atoms with van der Waals surface area (Å²) in [6, 6.07) is 0. The summed E-state index contributed by atoms with van der Waals surface area (Å²) >= 11 is 0. The van der Waals surface area contributed by atoms with E-state index >= 15 is 0 Å². The molecule has 0 saturated heterocycles. The number of nitrogens with zero attached hydrogens (tertiary/aromatic N) is 1. The van der Waals surface area contributed by atoms with E-state index in [1.807, 2.05) is 0 Å². The van der Waals surface area contributed by atoms with E-state index in [-0.39, 0.29) is 5.78 Å². The van der Waals surface area contributed by atoms with Crippen LogP contribution in [0.5, 0.6) is 0 Å². The lowest BCUT2D eigenvalue weighted by molar-refractivity contribution is -0.111. The second-order valence-corrected chi connectivity index (χ2v) is 2.91. The fourth-order valence-corrected chi connectivity index (χ4v) is 1.02. The monoisotopic (exact) mass is 171 g/mol. The van der Waals surface area contributed by atoms with Gasteiger partial charge >= 0.3 is 0 Å². The number of oxime groups is 1. The molecule has 0 spiro atoms. The molecule has 0 aromatic carbocycles. The number of rotatable bonds is 6. The Balaban J connectivity index is 3.54. The number of Topliss-reactive ketones (excluding diaryl/α,β-unsaturated/α-hetero) is 1. The molecule has 0 unspecified atom stereocenters. The highest BCUT2D eigenvalue weighted by Gasteiger charge is 2.04. The lowest BCUT2D eigenvalue weighted by Crippen LogP contribution is -2.09. The Hall–Kier alpha value is -0.860. The minimum Gasteiger partial charge on any atom is -0.411 e. The van der Waals surface area contributed by atoms with Crippen molar-refractivity contribution in [1.82, 2.24) is 0 Å². The lowest BCUT2D eigenvalue weighted by Gasteiger charge is -1.98. The van der Waals surface area contributed by atoms with E-state index in [1.165, 1.54) is 19.8 Å². The van der Waals surface area contributed by atoms with E-state index in [9.17, 15) is 4.79 Å². The molecule has 0 aliphatic rings. The third-order valence-electron chi connectivity index (χ3n) is 1.79. The molecule has 70 valence electrons. The van der Waals surface area contributed by atoms with Gasteiger partial charge in [-0.15, -0.1) is 0 Å². The van der Waals surface area contributed by atoms with Gasteiger partial charge < -0.3 is 5.21 Å². The third-order valence-corrected chi connectivity index (χ3v) is 1.79. The zero-order chi connectivity index (χ0) is 9.40. The predicted molar refractivity (Wildman–Crippen MR) is 48.7 cm³/mol. The standard InChI is InChI=1S/C9H17NO2/c1-3-4-5-6-7-9(10-12)8(2)11/h12H,3-7H2,1-2H3/b10-9-. The molecule has 0 aliphatic heterocycles. The van der Waals surface area contributed by atoms with Gasteiger partial charge in [0.05, 0.1) is 0 Å². The first-order chi connectivity index (χ1) is 5.72. The van der Waals surface area contributed by atoms with Crippen molar-refractivity contribution in [3.8, 4) is 0 Å². The van der Waals surface area contributed by atoms with Gasteiger partial charge in [0.1, 0.15) is 5.71 Å². The molecule has 0 bridgehead atoms. The van der Waals surface area contributed by atoms with Crippen molar-refractivity contribution in [3.63, 3.8) is 0 Å². The zero-order valence-corrected chi connectivity index (χ0v) is 7.84. The Morgan fingerprint density at radius 2 is 2.00 bits per heavy atom. The van der Waals surface area contributed by atoms with Gasteiger partial charge in [0, 0.05) is 6.92 Å². The summed E-state index contributed by atoms with van der Waals surface area (Å²) in [5.41, 5.74) is 0.297. The molecular formula is C9H17NO2. The second-order valence-electron chi connectivity index (χ2n) is 2.91.